The van der Waals surface area contributed by atoms with E-state index in [1.807, 2.05) is 24.3 Å². The second kappa shape index (κ2) is 5.35. The third-order valence-electron chi connectivity index (χ3n) is 3.10. The maximum atomic E-state index is 13.5. The lowest BCUT2D eigenvalue weighted by Gasteiger charge is -2.06. The first-order valence-electron chi connectivity index (χ1n) is 6.17. The van der Waals surface area contributed by atoms with Crippen LogP contribution in [0.4, 0.5) is 10.1 Å². The Hall–Kier alpha value is -2.71. The van der Waals surface area contributed by atoms with Gasteiger partial charge in [0.25, 0.3) is 5.91 Å². The molecule has 0 fully saturated rings. The molecule has 0 aliphatic rings. The molecule has 3 rings (SSSR count). The van der Waals surface area contributed by atoms with E-state index in [1.165, 1.54) is 29.5 Å². The third-order valence-corrected chi connectivity index (χ3v) is 4.06. The van der Waals surface area contributed by atoms with Gasteiger partial charge in [-0.2, -0.15) is 5.26 Å². The second-order valence-electron chi connectivity index (χ2n) is 4.37. The monoisotopic (exact) mass is 296 g/mol. The summed E-state index contributed by atoms with van der Waals surface area (Å²) in [7, 11) is 0. The van der Waals surface area contributed by atoms with Crippen LogP contribution < -0.4 is 5.32 Å². The number of fused-ring (bicyclic) bond motifs is 1. The molecule has 0 atom stereocenters. The number of halogens is 1. The van der Waals surface area contributed by atoms with Gasteiger partial charge >= 0.3 is 0 Å². The topological polar surface area (TPSA) is 52.9 Å². The number of amides is 1. The summed E-state index contributed by atoms with van der Waals surface area (Å²) in [5.74, 6) is -1.000. The van der Waals surface area contributed by atoms with E-state index in [9.17, 15) is 9.18 Å². The Bertz CT molecular complexity index is 879. The van der Waals surface area contributed by atoms with Gasteiger partial charge in [-0.05, 0) is 18.2 Å². The zero-order valence-corrected chi connectivity index (χ0v) is 11.6. The maximum Gasteiger partial charge on any atom is 0.257 e. The van der Waals surface area contributed by atoms with Gasteiger partial charge in [-0.15, -0.1) is 11.3 Å². The minimum atomic E-state index is -0.648. The molecule has 2 aromatic carbocycles. The van der Waals surface area contributed by atoms with Crippen LogP contribution in [0.2, 0.25) is 0 Å². The highest BCUT2D eigenvalue weighted by atomic mass is 32.1. The van der Waals surface area contributed by atoms with Gasteiger partial charge in [-0.1, -0.05) is 24.3 Å². The number of hydrogen-bond acceptors (Lipinski definition) is 3. The van der Waals surface area contributed by atoms with Gasteiger partial charge < -0.3 is 5.32 Å². The van der Waals surface area contributed by atoms with Crippen molar-refractivity contribution >= 4 is 33.0 Å². The number of nitrogens with one attached hydrogen (secondary N) is 1. The summed E-state index contributed by atoms with van der Waals surface area (Å²) in [5, 5.41) is 14.2. The van der Waals surface area contributed by atoms with Crippen molar-refractivity contribution in [2.24, 2.45) is 0 Å². The number of carbonyl (C=O) groups is 1. The van der Waals surface area contributed by atoms with E-state index in [4.69, 9.17) is 5.26 Å². The van der Waals surface area contributed by atoms with Crippen molar-refractivity contribution in [1.82, 2.24) is 0 Å². The first-order chi connectivity index (χ1) is 10.2. The van der Waals surface area contributed by atoms with Gasteiger partial charge in [-0.3, -0.25) is 4.79 Å². The van der Waals surface area contributed by atoms with Crippen molar-refractivity contribution in [1.29, 1.82) is 5.26 Å². The Morgan fingerprint density at radius 3 is 2.81 bits per heavy atom. The number of hydrogen-bond donors (Lipinski definition) is 1. The van der Waals surface area contributed by atoms with Crippen LogP contribution in [0.3, 0.4) is 0 Å². The molecule has 1 aromatic heterocycles. The van der Waals surface area contributed by atoms with Crippen molar-refractivity contribution in [2.75, 3.05) is 5.32 Å². The van der Waals surface area contributed by atoms with Gasteiger partial charge in [-0.25, -0.2) is 4.39 Å². The molecule has 1 amide bonds. The fourth-order valence-electron chi connectivity index (χ4n) is 2.09. The molecule has 21 heavy (non-hydrogen) atoms. The molecule has 0 aliphatic carbocycles. The summed E-state index contributed by atoms with van der Waals surface area (Å²) in [4.78, 5) is 12.3. The average molecular weight is 296 g/mol. The zero-order chi connectivity index (χ0) is 14.8. The van der Waals surface area contributed by atoms with E-state index in [0.717, 1.165) is 10.1 Å². The van der Waals surface area contributed by atoms with Gasteiger partial charge in [0.15, 0.2) is 0 Å². The molecule has 0 aliphatic heterocycles. The molecule has 3 nitrogen and oxygen atoms in total. The molecule has 0 unspecified atom stereocenters. The van der Waals surface area contributed by atoms with E-state index in [1.54, 1.807) is 11.4 Å². The second-order valence-corrected chi connectivity index (χ2v) is 5.29. The Kier molecular flexibility index (Phi) is 3.38. The zero-order valence-electron chi connectivity index (χ0n) is 10.8. The summed E-state index contributed by atoms with van der Waals surface area (Å²) >= 11 is 1.47. The number of nitrogens with zero attached hydrogens (tertiary/aromatic N) is 1. The molecule has 5 heteroatoms. The minimum Gasteiger partial charge on any atom is -0.321 e. The van der Waals surface area contributed by atoms with Crippen LogP contribution in [0, 0.1) is 17.1 Å². The molecule has 3 aromatic rings. The van der Waals surface area contributed by atoms with Crippen LogP contribution in [0.25, 0.3) is 10.1 Å². The summed E-state index contributed by atoms with van der Waals surface area (Å²) < 4.78 is 14.5. The van der Waals surface area contributed by atoms with Gasteiger partial charge in [0.05, 0.1) is 11.3 Å². The average Bonchev–Trinajstić information content (AvgIpc) is 2.91. The van der Waals surface area contributed by atoms with E-state index in [2.05, 4.69) is 5.32 Å². The van der Waals surface area contributed by atoms with Crippen molar-refractivity contribution < 1.29 is 9.18 Å². The SMILES string of the molecule is N#Cc1c(F)cccc1NC(=O)c1csc2ccccc12. The van der Waals surface area contributed by atoms with Crippen LogP contribution >= 0.6 is 11.3 Å². The van der Waals surface area contributed by atoms with E-state index in [-0.39, 0.29) is 17.2 Å². The van der Waals surface area contributed by atoms with Crippen LogP contribution in [0.5, 0.6) is 0 Å². The normalized spacial score (nSPS) is 10.3. The largest absolute Gasteiger partial charge is 0.321 e. The fraction of sp³-hybridized carbons (Fsp3) is 0. The number of rotatable bonds is 2. The van der Waals surface area contributed by atoms with Gasteiger partial charge in [0.2, 0.25) is 0 Å². The molecule has 0 bridgehead atoms. The molecule has 0 saturated heterocycles. The fourth-order valence-corrected chi connectivity index (χ4v) is 3.03. The quantitative estimate of drug-likeness (QED) is 0.771. The van der Waals surface area contributed by atoms with Crippen LogP contribution in [-0.4, -0.2) is 5.91 Å². The highest BCUT2D eigenvalue weighted by molar-refractivity contribution is 7.17. The van der Waals surface area contributed by atoms with Gasteiger partial charge in [0, 0.05) is 15.5 Å². The molecular weight excluding hydrogens is 287 g/mol. The Labute approximate surface area is 124 Å². The lowest BCUT2D eigenvalue weighted by molar-refractivity contribution is 0.102. The smallest absolute Gasteiger partial charge is 0.257 e. The Balaban J connectivity index is 1.98. The van der Waals surface area contributed by atoms with Crippen LogP contribution in [0.15, 0.2) is 47.8 Å². The summed E-state index contributed by atoms with van der Waals surface area (Å²) in [6.45, 7) is 0. The van der Waals surface area contributed by atoms with Crippen molar-refractivity contribution in [3.63, 3.8) is 0 Å². The van der Waals surface area contributed by atoms with Crippen molar-refractivity contribution in [2.45, 2.75) is 0 Å². The standard InChI is InChI=1S/C16H9FN2OS/c17-13-5-3-6-14(11(13)8-18)19-16(20)12-9-21-15-7-2-1-4-10(12)15/h1-7,9H,(H,19,20). The molecule has 1 N–H and O–H groups in total. The molecule has 0 spiro atoms. The summed E-state index contributed by atoms with van der Waals surface area (Å²) in [5.41, 5.74) is 0.534. The van der Waals surface area contributed by atoms with Gasteiger partial charge in [0.1, 0.15) is 17.4 Å². The van der Waals surface area contributed by atoms with E-state index in [0.29, 0.717) is 5.56 Å². The first-order valence-corrected chi connectivity index (χ1v) is 7.05. The summed E-state index contributed by atoms with van der Waals surface area (Å²) in [6, 6.07) is 13.5. The Morgan fingerprint density at radius 1 is 1.19 bits per heavy atom. The van der Waals surface area contributed by atoms with E-state index < -0.39 is 5.82 Å². The number of nitriles is 1. The highest BCUT2D eigenvalue weighted by Gasteiger charge is 2.15. The lowest BCUT2D eigenvalue weighted by atomic mass is 10.1. The van der Waals surface area contributed by atoms with Crippen molar-refractivity contribution in [3.8, 4) is 6.07 Å². The number of benzene rings is 2. The number of thiophene rings is 1. The predicted molar refractivity (Wildman–Crippen MR) is 80.9 cm³/mol. The molecule has 0 radical (unpaired) electrons. The van der Waals surface area contributed by atoms with E-state index >= 15 is 0 Å². The summed E-state index contributed by atoms with van der Waals surface area (Å²) in [6.07, 6.45) is 0. The predicted octanol–water partition coefficient (Wildman–Crippen LogP) is 4.16. The van der Waals surface area contributed by atoms with Crippen LogP contribution in [-0.2, 0) is 0 Å². The molecule has 1 heterocycles. The third kappa shape index (κ3) is 2.37. The Morgan fingerprint density at radius 2 is 2.00 bits per heavy atom. The molecule has 0 saturated carbocycles. The molecular formula is C16H9FN2OS. The first kappa shape index (κ1) is 13.3. The lowest BCUT2D eigenvalue weighted by Crippen LogP contribution is -2.12. The minimum absolute atomic E-state index is 0.162. The number of anilines is 1. The molecule has 102 valence electrons. The van der Waals surface area contributed by atoms with Crippen LogP contribution in [0.1, 0.15) is 15.9 Å². The maximum absolute atomic E-state index is 13.5. The highest BCUT2D eigenvalue weighted by Crippen LogP contribution is 2.27. The number of carbonyl (C=O) groups excluding carboxylic acids is 1. The van der Waals surface area contributed by atoms with Crippen molar-refractivity contribution in [3.05, 3.63) is 64.8 Å².